The summed E-state index contributed by atoms with van der Waals surface area (Å²) in [5, 5.41) is 9.18. The lowest BCUT2D eigenvalue weighted by Gasteiger charge is -2.37. The molecule has 0 aromatic carbocycles. The molecule has 0 atom stereocenters. The van der Waals surface area contributed by atoms with Gasteiger partial charge in [-0.3, -0.25) is 9.78 Å². The molecule has 1 amide bonds. The monoisotopic (exact) mass is 334 g/mol. The van der Waals surface area contributed by atoms with E-state index in [0.29, 0.717) is 31.5 Å². The number of nitriles is 1. The molecular formula is C17H20F2N4O. The Labute approximate surface area is 139 Å². The predicted octanol–water partition coefficient (Wildman–Crippen LogP) is 2.43. The van der Waals surface area contributed by atoms with Gasteiger partial charge in [-0.1, -0.05) is 0 Å². The van der Waals surface area contributed by atoms with Gasteiger partial charge in [-0.15, -0.1) is 0 Å². The number of rotatable bonds is 2. The van der Waals surface area contributed by atoms with E-state index in [1.807, 2.05) is 0 Å². The van der Waals surface area contributed by atoms with Crippen LogP contribution in [0.15, 0.2) is 18.5 Å². The molecule has 0 saturated carbocycles. The SMILES string of the molecule is N#Cc1ccncc1N1CCC(C(=O)N2CCC(F)(F)CC2)CC1. The molecule has 1 aromatic heterocycles. The van der Waals surface area contributed by atoms with E-state index in [9.17, 15) is 18.8 Å². The molecule has 5 nitrogen and oxygen atoms in total. The minimum Gasteiger partial charge on any atom is -0.369 e. The Bertz CT molecular complexity index is 640. The largest absolute Gasteiger partial charge is 0.369 e. The third kappa shape index (κ3) is 3.48. The standard InChI is InChI=1S/C17H20F2N4O/c18-17(19)4-9-23(10-5-17)16(24)13-2-7-22(8-3-13)15-12-21-6-1-14(15)11-20/h1,6,12-13H,2-5,7-10H2. The van der Waals surface area contributed by atoms with Crippen molar-refractivity contribution in [1.82, 2.24) is 9.88 Å². The molecule has 0 radical (unpaired) electrons. The summed E-state index contributed by atoms with van der Waals surface area (Å²) in [4.78, 5) is 20.3. The summed E-state index contributed by atoms with van der Waals surface area (Å²) < 4.78 is 26.4. The summed E-state index contributed by atoms with van der Waals surface area (Å²) in [5.74, 6) is -2.75. The minimum absolute atomic E-state index is 0.00292. The molecule has 1 aromatic rings. The third-order valence-electron chi connectivity index (χ3n) is 4.91. The summed E-state index contributed by atoms with van der Waals surface area (Å²) in [6.07, 6.45) is 4.13. The molecule has 2 saturated heterocycles. The highest BCUT2D eigenvalue weighted by Gasteiger charge is 2.37. The topological polar surface area (TPSA) is 60.2 Å². The third-order valence-corrected chi connectivity index (χ3v) is 4.91. The lowest BCUT2D eigenvalue weighted by atomic mass is 9.93. The number of alkyl halides is 2. The van der Waals surface area contributed by atoms with Crippen LogP contribution in [0.5, 0.6) is 0 Å². The molecule has 0 spiro atoms. The number of hydrogen-bond acceptors (Lipinski definition) is 4. The van der Waals surface area contributed by atoms with E-state index in [4.69, 9.17) is 0 Å². The first-order chi connectivity index (χ1) is 11.5. The molecule has 0 bridgehead atoms. The van der Waals surface area contributed by atoms with Crippen LogP contribution in [0.2, 0.25) is 0 Å². The Hall–Kier alpha value is -2.23. The first kappa shape index (κ1) is 16.6. The van der Waals surface area contributed by atoms with Crippen LogP contribution in [-0.2, 0) is 4.79 Å². The van der Waals surface area contributed by atoms with Crippen LogP contribution in [-0.4, -0.2) is 47.9 Å². The van der Waals surface area contributed by atoms with Gasteiger partial charge in [0.1, 0.15) is 6.07 Å². The van der Waals surface area contributed by atoms with Gasteiger partial charge in [-0.2, -0.15) is 5.26 Å². The maximum Gasteiger partial charge on any atom is 0.251 e. The average Bonchev–Trinajstić information content (AvgIpc) is 2.61. The molecule has 2 aliphatic heterocycles. The highest BCUT2D eigenvalue weighted by molar-refractivity contribution is 5.79. The molecule has 3 rings (SSSR count). The summed E-state index contributed by atoms with van der Waals surface area (Å²) in [6, 6.07) is 3.84. The van der Waals surface area contributed by atoms with Crippen molar-refractivity contribution >= 4 is 11.6 Å². The van der Waals surface area contributed by atoms with Crippen LogP contribution in [0.4, 0.5) is 14.5 Å². The van der Waals surface area contributed by atoms with E-state index in [-0.39, 0.29) is 37.8 Å². The summed E-state index contributed by atoms with van der Waals surface area (Å²) >= 11 is 0. The Morgan fingerprint density at radius 3 is 2.54 bits per heavy atom. The lowest BCUT2D eigenvalue weighted by molar-refractivity contribution is -0.142. The average molecular weight is 334 g/mol. The Morgan fingerprint density at radius 1 is 1.25 bits per heavy atom. The number of likely N-dealkylation sites (tertiary alicyclic amines) is 1. The van der Waals surface area contributed by atoms with Gasteiger partial charge in [0, 0.05) is 51.1 Å². The van der Waals surface area contributed by atoms with Crippen LogP contribution >= 0.6 is 0 Å². The zero-order valence-electron chi connectivity index (χ0n) is 13.4. The van der Waals surface area contributed by atoms with Crippen LogP contribution in [0.1, 0.15) is 31.2 Å². The van der Waals surface area contributed by atoms with Crippen molar-refractivity contribution in [2.24, 2.45) is 5.92 Å². The predicted molar refractivity (Wildman–Crippen MR) is 84.7 cm³/mol. The minimum atomic E-state index is -2.63. The molecule has 0 N–H and O–H groups in total. The quantitative estimate of drug-likeness (QED) is 0.833. The number of aromatic nitrogens is 1. The van der Waals surface area contributed by atoms with E-state index in [2.05, 4.69) is 16.0 Å². The van der Waals surface area contributed by atoms with Gasteiger partial charge >= 0.3 is 0 Å². The number of carbonyl (C=O) groups is 1. The number of piperidine rings is 2. The van der Waals surface area contributed by atoms with Crippen molar-refractivity contribution in [3.05, 3.63) is 24.0 Å². The van der Waals surface area contributed by atoms with E-state index in [1.54, 1.807) is 23.4 Å². The molecule has 2 aliphatic rings. The normalized spacial score (nSPS) is 21.4. The summed E-state index contributed by atoms with van der Waals surface area (Å²) in [6.45, 7) is 1.63. The van der Waals surface area contributed by atoms with E-state index >= 15 is 0 Å². The number of halogens is 2. The van der Waals surface area contributed by atoms with Crippen LogP contribution in [0, 0.1) is 17.2 Å². The number of anilines is 1. The van der Waals surface area contributed by atoms with Crippen molar-refractivity contribution in [1.29, 1.82) is 5.26 Å². The Kier molecular flexibility index (Phi) is 4.65. The second-order valence-electron chi connectivity index (χ2n) is 6.45. The van der Waals surface area contributed by atoms with Crippen molar-refractivity contribution in [2.75, 3.05) is 31.1 Å². The van der Waals surface area contributed by atoms with E-state index in [0.717, 1.165) is 5.69 Å². The Balaban J connectivity index is 1.57. The maximum atomic E-state index is 13.2. The van der Waals surface area contributed by atoms with Gasteiger partial charge in [-0.25, -0.2) is 8.78 Å². The first-order valence-electron chi connectivity index (χ1n) is 8.26. The van der Waals surface area contributed by atoms with E-state index < -0.39 is 5.92 Å². The summed E-state index contributed by atoms with van der Waals surface area (Å²) in [7, 11) is 0. The molecule has 3 heterocycles. The second-order valence-corrected chi connectivity index (χ2v) is 6.45. The van der Waals surface area contributed by atoms with Crippen molar-refractivity contribution in [2.45, 2.75) is 31.6 Å². The van der Waals surface area contributed by atoms with Gasteiger partial charge in [0.15, 0.2) is 0 Å². The first-order valence-corrected chi connectivity index (χ1v) is 8.26. The van der Waals surface area contributed by atoms with Crippen LogP contribution in [0.3, 0.4) is 0 Å². The fourth-order valence-electron chi connectivity index (χ4n) is 3.41. The molecular weight excluding hydrogens is 314 g/mol. The summed E-state index contributed by atoms with van der Waals surface area (Å²) in [5.41, 5.74) is 1.37. The van der Waals surface area contributed by atoms with Gasteiger partial charge < -0.3 is 9.80 Å². The van der Waals surface area contributed by atoms with Crippen molar-refractivity contribution in [3.8, 4) is 6.07 Å². The number of amides is 1. The highest BCUT2D eigenvalue weighted by atomic mass is 19.3. The van der Waals surface area contributed by atoms with Gasteiger partial charge in [0.2, 0.25) is 5.91 Å². The molecule has 24 heavy (non-hydrogen) atoms. The van der Waals surface area contributed by atoms with Gasteiger partial charge in [0.25, 0.3) is 5.92 Å². The molecule has 7 heteroatoms. The second kappa shape index (κ2) is 6.71. The zero-order chi connectivity index (χ0) is 17.2. The maximum absolute atomic E-state index is 13.2. The van der Waals surface area contributed by atoms with Crippen molar-refractivity contribution in [3.63, 3.8) is 0 Å². The smallest absolute Gasteiger partial charge is 0.251 e. The number of nitrogens with zero attached hydrogens (tertiary/aromatic N) is 4. The number of pyridine rings is 1. The molecule has 0 aliphatic carbocycles. The molecule has 0 unspecified atom stereocenters. The molecule has 128 valence electrons. The Morgan fingerprint density at radius 2 is 1.92 bits per heavy atom. The van der Waals surface area contributed by atoms with E-state index in [1.165, 1.54) is 0 Å². The number of hydrogen-bond donors (Lipinski definition) is 0. The highest BCUT2D eigenvalue weighted by Crippen LogP contribution is 2.31. The molecule has 2 fully saturated rings. The fourth-order valence-corrected chi connectivity index (χ4v) is 3.41. The lowest BCUT2D eigenvalue weighted by Crippen LogP contribution is -2.47. The van der Waals surface area contributed by atoms with Gasteiger partial charge in [0.05, 0.1) is 17.4 Å². The van der Waals surface area contributed by atoms with Gasteiger partial charge in [-0.05, 0) is 18.9 Å². The fraction of sp³-hybridized carbons (Fsp3) is 0.588. The van der Waals surface area contributed by atoms with Crippen molar-refractivity contribution < 1.29 is 13.6 Å². The number of carbonyl (C=O) groups excluding carboxylic acids is 1. The van der Waals surface area contributed by atoms with Crippen LogP contribution in [0.25, 0.3) is 0 Å². The van der Waals surface area contributed by atoms with Crippen LogP contribution < -0.4 is 4.90 Å². The zero-order valence-corrected chi connectivity index (χ0v) is 13.4.